The molecule has 0 bridgehead atoms. The van der Waals surface area contributed by atoms with Crippen molar-refractivity contribution in [1.82, 2.24) is 25.3 Å². The van der Waals surface area contributed by atoms with Crippen LogP contribution in [0.1, 0.15) is 125 Å². The number of amides is 2. The molecule has 0 spiro atoms. The third-order valence-corrected chi connectivity index (χ3v) is 7.58. The number of hydrogen-bond donors (Lipinski definition) is 4. The lowest BCUT2D eigenvalue weighted by Crippen LogP contribution is -2.35. The maximum absolute atomic E-state index is 12.9. The van der Waals surface area contributed by atoms with Crippen LogP contribution in [-0.2, 0) is 0 Å². The van der Waals surface area contributed by atoms with Gasteiger partial charge >= 0.3 is 6.01 Å². The van der Waals surface area contributed by atoms with Gasteiger partial charge in [-0.1, -0.05) is 85.0 Å². The number of carbonyl (C=O) groups excluding carboxylic acids is 2. The van der Waals surface area contributed by atoms with Crippen LogP contribution >= 0.6 is 0 Å². The van der Waals surface area contributed by atoms with E-state index in [1.54, 1.807) is 24.3 Å². The normalized spacial score (nSPS) is 10.7. The van der Waals surface area contributed by atoms with Crippen LogP contribution in [0.2, 0.25) is 0 Å². The molecule has 1 aromatic heterocycles. The van der Waals surface area contributed by atoms with Gasteiger partial charge in [-0.2, -0.15) is 15.0 Å². The van der Waals surface area contributed by atoms with Crippen LogP contribution in [0.15, 0.2) is 48.5 Å². The number of unbranched alkanes of at least 4 members (excludes halogenated alkanes) is 10. The number of ether oxygens (including phenoxy) is 3. The van der Waals surface area contributed by atoms with Crippen LogP contribution in [0.4, 0.5) is 11.9 Å². The second-order valence-electron chi connectivity index (χ2n) is 11.9. The fourth-order valence-electron chi connectivity index (χ4n) is 4.78. The maximum Gasteiger partial charge on any atom is 0.323 e. The average Bonchev–Trinajstić information content (AvgIpc) is 3.13. The van der Waals surface area contributed by atoms with Crippen molar-refractivity contribution in [1.29, 1.82) is 0 Å². The average molecular weight is 696 g/mol. The van der Waals surface area contributed by atoms with E-state index in [0.717, 1.165) is 25.7 Å². The Kier molecular flexibility index (Phi) is 18.2. The first-order valence-electron chi connectivity index (χ1n) is 17.8. The highest BCUT2D eigenvalue weighted by Gasteiger charge is 2.20. The van der Waals surface area contributed by atoms with E-state index in [0.29, 0.717) is 31.1 Å². The number of hydrazine groups is 2. The predicted octanol–water partition coefficient (Wildman–Crippen LogP) is 7.86. The maximum atomic E-state index is 12.9. The molecule has 0 aliphatic rings. The standard InChI is InChI=1S/C36H53N7O7/c1-4-7-9-11-13-15-26-48-30-21-17-28(18-22-30)32(44)42(46)40-34-37-35(39-36(38-34)50-25-6-3)41-43(47)33(45)29-19-23-31(24-20-29)49-27-16-14-12-10-8-5-2/h17-24,46-47H,4-16,25-27H2,1-3H3,(H2,37,38,39,40,41). The number of nitrogens with one attached hydrogen (secondary N) is 2. The first-order chi connectivity index (χ1) is 24.3. The van der Waals surface area contributed by atoms with E-state index in [4.69, 9.17) is 14.2 Å². The van der Waals surface area contributed by atoms with Gasteiger partial charge in [0, 0.05) is 11.1 Å². The molecule has 4 N–H and O–H groups in total. The quantitative estimate of drug-likeness (QED) is 0.0385. The molecule has 0 unspecified atom stereocenters. The molecule has 0 aliphatic carbocycles. The summed E-state index contributed by atoms with van der Waals surface area (Å²) in [5.41, 5.74) is 5.10. The highest BCUT2D eigenvalue weighted by Crippen LogP contribution is 2.18. The second-order valence-corrected chi connectivity index (χ2v) is 11.9. The molecule has 14 nitrogen and oxygen atoms in total. The van der Waals surface area contributed by atoms with Crippen LogP contribution in [0.25, 0.3) is 0 Å². The fraction of sp³-hybridized carbons (Fsp3) is 0.528. The first-order valence-corrected chi connectivity index (χ1v) is 17.8. The zero-order valence-electron chi connectivity index (χ0n) is 29.6. The predicted molar refractivity (Wildman–Crippen MR) is 189 cm³/mol. The number of benzene rings is 2. The Morgan fingerprint density at radius 1 is 0.540 bits per heavy atom. The summed E-state index contributed by atoms with van der Waals surface area (Å²) < 4.78 is 17.0. The Morgan fingerprint density at radius 2 is 0.940 bits per heavy atom. The summed E-state index contributed by atoms with van der Waals surface area (Å²) >= 11 is 0. The topological polar surface area (TPSA) is 172 Å². The molecule has 274 valence electrons. The van der Waals surface area contributed by atoms with Gasteiger partial charge in [0.25, 0.3) is 23.7 Å². The molecule has 14 heteroatoms. The third kappa shape index (κ3) is 14.4. The minimum absolute atomic E-state index is 0.174. The number of nitrogens with zero attached hydrogens (tertiary/aromatic N) is 5. The Hall–Kier alpha value is -4.69. The molecule has 0 radical (unpaired) electrons. The smallest absolute Gasteiger partial charge is 0.323 e. The largest absolute Gasteiger partial charge is 0.494 e. The summed E-state index contributed by atoms with van der Waals surface area (Å²) in [4.78, 5) is 38.0. The Labute approximate surface area is 295 Å². The molecule has 0 aliphatic heterocycles. The van der Waals surface area contributed by atoms with Crippen LogP contribution < -0.4 is 25.1 Å². The molecule has 0 atom stereocenters. The van der Waals surface area contributed by atoms with Crippen molar-refractivity contribution >= 4 is 23.7 Å². The number of hydrogen-bond acceptors (Lipinski definition) is 12. The van der Waals surface area contributed by atoms with Gasteiger partial charge in [0.05, 0.1) is 19.8 Å². The second kappa shape index (κ2) is 22.9. The van der Waals surface area contributed by atoms with Gasteiger partial charge in [-0.05, 0) is 67.8 Å². The van der Waals surface area contributed by atoms with Crippen LogP contribution in [0.5, 0.6) is 17.5 Å². The summed E-state index contributed by atoms with van der Waals surface area (Å²) in [6.07, 6.45) is 14.5. The summed E-state index contributed by atoms with van der Waals surface area (Å²) in [5.74, 6) is -0.940. The number of carbonyl (C=O) groups is 2. The molecule has 0 fully saturated rings. The Bertz CT molecular complexity index is 1310. The van der Waals surface area contributed by atoms with E-state index in [1.165, 1.54) is 75.6 Å². The molecule has 0 saturated carbocycles. The van der Waals surface area contributed by atoms with Crippen molar-refractivity contribution in [2.24, 2.45) is 0 Å². The lowest BCUT2D eigenvalue weighted by atomic mass is 10.1. The van der Waals surface area contributed by atoms with Gasteiger partial charge in [-0.3, -0.25) is 20.0 Å². The zero-order chi connectivity index (χ0) is 36.0. The van der Waals surface area contributed by atoms with Crippen molar-refractivity contribution in [2.45, 2.75) is 104 Å². The lowest BCUT2D eigenvalue weighted by molar-refractivity contribution is -0.0401. The van der Waals surface area contributed by atoms with Crippen molar-refractivity contribution in [2.75, 3.05) is 30.7 Å². The Morgan fingerprint density at radius 3 is 1.34 bits per heavy atom. The Balaban J connectivity index is 1.55. The van der Waals surface area contributed by atoms with E-state index in [1.807, 2.05) is 6.92 Å². The van der Waals surface area contributed by atoms with E-state index in [9.17, 15) is 20.0 Å². The van der Waals surface area contributed by atoms with E-state index in [-0.39, 0.29) is 46.0 Å². The molecule has 2 aromatic carbocycles. The van der Waals surface area contributed by atoms with Gasteiger partial charge in [0.15, 0.2) is 0 Å². The van der Waals surface area contributed by atoms with Gasteiger partial charge < -0.3 is 14.2 Å². The van der Waals surface area contributed by atoms with Crippen molar-refractivity contribution in [3.8, 4) is 17.5 Å². The van der Waals surface area contributed by atoms with Crippen molar-refractivity contribution < 1.29 is 34.2 Å². The van der Waals surface area contributed by atoms with Gasteiger partial charge in [-0.15, -0.1) is 10.3 Å². The number of anilines is 2. The fourth-order valence-corrected chi connectivity index (χ4v) is 4.78. The monoisotopic (exact) mass is 695 g/mol. The molecule has 3 rings (SSSR count). The molecule has 2 amide bonds. The van der Waals surface area contributed by atoms with Crippen molar-refractivity contribution in [3.05, 3.63) is 59.7 Å². The minimum atomic E-state index is -0.795. The van der Waals surface area contributed by atoms with Crippen LogP contribution in [-0.4, -0.2) is 67.3 Å². The molecule has 50 heavy (non-hydrogen) atoms. The highest BCUT2D eigenvalue weighted by atomic mass is 16.6. The molecular weight excluding hydrogens is 642 g/mol. The summed E-state index contributed by atoms with van der Waals surface area (Å²) in [6.45, 7) is 7.69. The van der Waals surface area contributed by atoms with Crippen LogP contribution in [0.3, 0.4) is 0 Å². The van der Waals surface area contributed by atoms with E-state index in [2.05, 4.69) is 39.7 Å². The summed E-state index contributed by atoms with van der Waals surface area (Å²) in [7, 11) is 0. The zero-order valence-corrected chi connectivity index (χ0v) is 29.6. The van der Waals surface area contributed by atoms with E-state index >= 15 is 0 Å². The number of hydroxylamine groups is 2. The first kappa shape index (κ1) is 39.7. The molecular formula is C36H53N7O7. The van der Waals surface area contributed by atoms with Gasteiger partial charge in [-0.25, -0.2) is 10.9 Å². The summed E-state index contributed by atoms with van der Waals surface area (Å²) in [6, 6.07) is 12.6. The van der Waals surface area contributed by atoms with E-state index < -0.39 is 11.8 Å². The molecule has 0 saturated heterocycles. The molecule has 3 aromatic rings. The number of aromatic nitrogens is 3. The molecule has 1 heterocycles. The minimum Gasteiger partial charge on any atom is -0.494 e. The van der Waals surface area contributed by atoms with Crippen LogP contribution in [0, 0.1) is 0 Å². The van der Waals surface area contributed by atoms with Gasteiger partial charge in [0.2, 0.25) is 0 Å². The third-order valence-electron chi connectivity index (χ3n) is 7.58. The van der Waals surface area contributed by atoms with Gasteiger partial charge in [0.1, 0.15) is 11.5 Å². The SMILES string of the molecule is CCCCCCCCOc1ccc(C(=O)N(O)Nc2nc(NN(O)C(=O)c3ccc(OCCCCCCCC)cc3)nc(OCCC)n2)cc1. The van der Waals surface area contributed by atoms with Crippen molar-refractivity contribution in [3.63, 3.8) is 0 Å². The number of rotatable bonds is 25. The lowest BCUT2D eigenvalue weighted by Gasteiger charge is -2.19. The summed E-state index contributed by atoms with van der Waals surface area (Å²) in [5, 5.41) is 21.5. The highest BCUT2D eigenvalue weighted by molar-refractivity contribution is 5.94.